The van der Waals surface area contributed by atoms with Crippen LogP contribution in [0.2, 0.25) is 0 Å². The minimum Gasteiger partial charge on any atom is -0.496 e. The average molecular weight is 431 g/mol. The summed E-state index contributed by atoms with van der Waals surface area (Å²) in [5.41, 5.74) is 1.24. The molecular weight excluding hydrogens is 411 g/mol. The number of fused-ring (bicyclic) bond motifs is 1. The Morgan fingerprint density at radius 2 is 2.03 bits per heavy atom. The maximum Gasteiger partial charge on any atom is 0.410 e. The lowest BCUT2D eigenvalue weighted by Crippen LogP contribution is -2.36. The monoisotopic (exact) mass is 431 g/mol. The van der Waals surface area contributed by atoms with Crippen molar-refractivity contribution in [2.45, 2.75) is 31.2 Å². The van der Waals surface area contributed by atoms with Crippen LogP contribution in [0.1, 0.15) is 40.1 Å². The van der Waals surface area contributed by atoms with Gasteiger partial charge in [0.15, 0.2) is 6.04 Å². The third-order valence-corrected chi connectivity index (χ3v) is 5.15. The molecule has 1 amide bonds. The fraction of sp³-hybridized carbons (Fsp3) is 0.286. The summed E-state index contributed by atoms with van der Waals surface area (Å²) >= 11 is 0. The van der Waals surface area contributed by atoms with E-state index in [0.717, 1.165) is 10.9 Å². The first-order valence-corrected chi connectivity index (χ1v) is 9.60. The largest absolute Gasteiger partial charge is 0.496 e. The van der Waals surface area contributed by atoms with E-state index in [1.165, 1.54) is 7.11 Å². The zero-order valence-electron chi connectivity index (χ0n) is 16.6. The minimum absolute atomic E-state index is 0.0167. The van der Waals surface area contributed by atoms with Gasteiger partial charge in [-0.3, -0.25) is 9.78 Å². The number of hydrogen-bond donors (Lipinski definition) is 2. The Morgan fingerprint density at radius 3 is 2.74 bits per heavy atom. The Bertz CT molecular complexity index is 1070. The topological polar surface area (TPSA) is 81.1 Å². The van der Waals surface area contributed by atoms with Gasteiger partial charge >= 0.3 is 6.18 Å². The normalized spacial score (nSPS) is 18.1. The number of nitrogens with zero attached hydrogens (tertiary/aromatic N) is 3. The summed E-state index contributed by atoms with van der Waals surface area (Å²) in [5, 5.41) is 9.62. The molecule has 0 bridgehead atoms. The number of pyridine rings is 1. The van der Waals surface area contributed by atoms with Crippen molar-refractivity contribution in [2.24, 2.45) is 0 Å². The highest BCUT2D eigenvalue weighted by molar-refractivity contribution is 5.98. The highest BCUT2D eigenvalue weighted by Crippen LogP contribution is 2.45. The molecule has 3 heterocycles. The van der Waals surface area contributed by atoms with Crippen LogP contribution >= 0.6 is 0 Å². The second kappa shape index (κ2) is 8.29. The smallest absolute Gasteiger partial charge is 0.410 e. The summed E-state index contributed by atoms with van der Waals surface area (Å²) in [6.45, 7) is 0.142. The van der Waals surface area contributed by atoms with Crippen LogP contribution in [0, 0.1) is 0 Å². The number of benzene rings is 1. The SMILES string of the molecule is COc1ccccc1[C@@H]1C[C@@H](C(F)(F)F)n2ncc(C(=O)NCc3ccccn3)c2N1. The predicted molar refractivity (Wildman–Crippen MR) is 107 cm³/mol. The third-order valence-electron chi connectivity index (χ3n) is 5.15. The van der Waals surface area contributed by atoms with E-state index in [1.807, 2.05) is 0 Å². The van der Waals surface area contributed by atoms with Gasteiger partial charge in [-0.1, -0.05) is 24.3 Å². The number of rotatable bonds is 5. The number of halogens is 3. The minimum atomic E-state index is -4.54. The number of methoxy groups -OCH3 is 1. The van der Waals surface area contributed by atoms with Crippen molar-refractivity contribution in [3.05, 3.63) is 71.7 Å². The van der Waals surface area contributed by atoms with Crippen molar-refractivity contribution in [1.82, 2.24) is 20.1 Å². The number of anilines is 1. The molecule has 2 N–H and O–H groups in total. The molecule has 3 aromatic rings. The van der Waals surface area contributed by atoms with Gasteiger partial charge in [0.1, 0.15) is 17.1 Å². The Kier molecular flexibility index (Phi) is 5.53. The zero-order chi connectivity index (χ0) is 22.0. The molecule has 0 aliphatic carbocycles. The first-order valence-electron chi connectivity index (χ1n) is 9.60. The van der Waals surface area contributed by atoms with Gasteiger partial charge in [0, 0.05) is 18.2 Å². The van der Waals surface area contributed by atoms with Crippen LogP contribution in [0.25, 0.3) is 0 Å². The first-order chi connectivity index (χ1) is 14.9. The zero-order valence-corrected chi connectivity index (χ0v) is 16.6. The lowest BCUT2D eigenvalue weighted by atomic mass is 9.95. The van der Waals surface area contributed by atoms with Crippen molar-refractivity contribution < 1.29 is 22.7 Å². The Balaban J connectivity index is 1.65. The third kappa shape index (κ3) is 4.18. The summed E-state index contributed by atoms with van der Waals surface area (Å²) in [6.07, 6.45) is -2.07. The fourth-order valence-electron chi connectivity index (χ4n) is 3.66. The summed E-state index contributed by atoms with van der Waals surface area (Å²) in [7, 11) is 1.46. The number of ether oxygens (including phenoxy) is 1. The van der Waals surface area contributed by atoms with Crippen molar-refractivity contribution in [2.75, 3.05) is 12.4 Å². The number of alkyl halides is 3. The Morgan fingerprint density at radius 1 is 1.26 bits per heavy atom. The number of hydrogen-bond acceptors (Lipinski definition) is 5. The van der Waals surface area contributed by atoms with Crippen molar-refractivity contribution in [3.8, 4) is 5.75 Å². The van der Waals surface area contributed by atoms with Crippen molar-refractivity contribution in [3.63, 3.8) is 0 Å². The highest BCUT2D eigenvalue weighted by Gasteiger charge is 2.47. The molecule has 2 atom stereocenters. The van der Waals surface area contributed by atoms with Gasteiger partial charge < -0.3 is 15.4 Å². The maximum absolute atomic E-state index is 13.8. The molecule has 10 heteroatoms. The summed E-state index contributed by atoms with van der Waals surface area (Å²) in [4.78, 5) is 16.9. The number of carbonyl (C=O) groups excluding carboxylic acids is 1. The molecule has 1 aliphatic heterocycles. The van der Waals surface area contributed by atoms with Crippen LogP contribution in [-0.2, 0) is 6.54 Å². The van der Waals surface area contributed by atoms with Crippen molar-refractivity contribution >= 4 is 11.7 Å². The Hall–Kier alpha value is -3.56. The predicted octanol–water partition coefficient (Wildman–Crippen LogP) is 3.88. The molecule has 162 valence electrons. The molecule has 1 aromatic carbocycles. The fourth-order valence-corrected chi connectivity index (χ4v) is 3.66. The highest BCUT2D eigenvalue weighted by atomic mass is 19.4. The van der Waals surface area contributed by atoms with Gasteiger partial charge in [-0.2, -0.15) is 18.3 Å². The molecule has 0 radical (unpaired) electrons. The molecule has 0 spiro atoms. The van der Waals surface area contributed by atoms with E-state index >= 15 is 0 Å². The molecule has 0 unspecified atom stereocenters. The molecule has 0 fully saturated rings. The van der Waals surface area contributed by atoms with Crippen LogP contribution in [0.4, 0.5) is 19.0 Å². The maximum atomic E-state index is 13.8. The molecule has 4 rings (SSSR count). The van der Waals surface area contributed by atoms with E-state index < -0.39 is 24.2 Å². The molecule has 0 saturated heterocycles. The first kappa shape index (κ1) is 20.7. The van der Waals surface area contributed by atoms with Crippen LogP contribution in [-0.4, -0.2) is 34.0 Å². The number of nitrogens with one attached hydrogen (secondary N) is 2. The van der Waals surface area contributed by atoms with Gasteiger partial charge in [0.2, 0.25) is 0 Å². The van der Waals surface area contributed by atoms with E-state index in [2.05, 4.69) is 20.7 Å². The molecule has 31 heavy (non-hydrogen) atoms. The van der Waals surface area contributed by atoms with Gasteiger partial charge in [-0.15, -0.1) is 0 Å². The van der Waals surface area contributed by atoms with Crippen LogP contribution < -0.4 is 15.4 Å². The molecule has 1 aliphatic rings. The van der Waals surface area contributed by atoms with E-state index in [9.17, 15) is 18.0 Å². The molecule has 7 nitrogen and oxygen atoms in total. The van der Waals surface area contributed by atoms with E-state index in [4.69, 9.17) is 4.74 Å². The van der Waals surface area contributed by atoms with Crippen LogP contribution in [0.5, 0.6) is 5.75 Å². The number of para-hydroxylation sites is 1. The van der Waals surface area contributed by atoms with Gasteiger partial charge in [-0.05, 0) is 18.2 Å². The number of amides is 1. The van der Waals surface area contributed by atoms with Gasteiger partial charge in [0.05, 0.1) is 31.6 Å². The van der Waals surface area contributed by atoms with Crippen molar-refractivity contribution in [1.29, 1.82) is 0 Å². The lowest BCUT2D eigenvalue weighted by molar-refractivity contribution is -0.173. The Labute approximate surface area is 176 Å². The van der Waals surface area contributed by atoms with Crippen LogP contribution in [0.3, 0.4) is 0 Å². The summed E-state index contributed by atoms with van der Waals surface area (Å²) in [6, 6.07) is 9.54. The molecule has 0 saturated carbocycles. The quantitative estimate of drug-likeness (QED) is 0.641. The standard InChI is InChI=1S/C21H20F3N5O2/c1-31-17-8-3-2-7-14(17)16-10-18(21(22,23)24)29-19(28-16)15(12-27-29)20(30)26-11-13-6-4-5-9-25-13/h2-9,12,16,18,28H,10-11H2,1H3,(H,26,30)/t16-,18-/m0/s1. The van der Waals surface area contributed by atoms with E-state index in [1.54, 1.807) is 48.7 Å². The van der Waals surface area contributed by atoms with Gasteiger partial charge in [0.25, 0.3) is 5.91 Å². The van der Waals surface area contributed by atoms with Crippen LogP contribution in [0.15, 0.2) is 54.9 Å². The second-order valence-corrected chi connectivity index (χ2v) is 7.09. The second-order valence-electron chi connectivity index (χ2n) is 7.09. The van der Waals surface area contributed by atoms with E-state index in [-0.39, 0.29) is 24.3 Å². The number of aromatic nitrogens is 3. The van der Waals surface area contributed by atoms with Gasteiger partial charge in [-0.25, -0.2) is 4.68 Å². The molecular formula is C21H20F3N5O2. The van der Waals surface area contributed by atoms with E-state index in [0.29, 0.717) is 17.0 Å². The average Bonchev–Trinajstić information content (AvgIpc) is 3.20. The summed E-state index contributed by atoms with van der Waals surface area (Å²) < 4.78 is 47.7. The number of carbonyl (C=O) groups is 1. The lowest BCUT2D eigenvalue weighted by Gasteiger charge is -2.34. The molecule has 2 aromatic heterocycles. The summed E-state index contributed by atoms with van der Waals surface area (Å²) in [5.74, 6) is -0.0564.